The summed E-state index contributed by atoms with van der Waals surface area (Å²) < 4.78 is 11.7. The second-order valence-corrected chi connectivity index (χ2v) is 8.44. The van der Waals surface area contributed by atoms with Crippen LogP contribution in [0.1, 0.15) is 52.2 Å². The van der Waals surface area contributed by atoms with Crippen molar-refractivity contribution in [3.63, 3.8) is 0 Å². The van der Waals surface area contributed by atoms with Gasteiger partial charge < -0.3 is 19.2 Å². The van der Waals surface area contributed by atoms with Crippen LogP contribution in [0.3, 0.4) is 0 Å². The van der Waals surface area contributed by atoms with Crippen molar-refractivity contribution in [3.8, 4) is 11.5 Å². The molecule has 0 saturated heterocycles. The molecule has 0 radical (unpaired) electrons. The Bertz CT molecular complexity index is 1250. The number of ether oxygens (including phenoxy) is 1. The Kier molecular flexibility index (Phi) is 5.10. The van der Waals surface area contributed by atoms with Gasteiger partial charge in [0, 0.05) is 6.54 Å². The third-order valence-electron chi connectivity index (χ3n) is 5.45. The van der Waals surface area contributed by atoms with E-state index in [0.717, 1.165) is 17.5 Å². The lowest BCUT2D eigenvalue weighted by Gasteiger charge is -2.25. The van der Waals surface area contributed by atoms with E-state index >= 15 is 0 Å². The number of phenols is 1. The first-order valence-electron chi connectivity index (χ1n) is 9.73. The van der Waals surface area contributed by atoms with Crippen molar-refractivity contribution in [2.24, 2.45) is 0 Å². The lowest BCUT2D eigenvalue weighted by molar-refractivity contribution is 0.0728. The minimum absolute atomic E-state index is 0.0374. The summed E-state index contributed by atoms with van der Waals surface area (Å²) >= 11 is 3.34. The summed E-state index contributed by atoms with van der Waals surface area (Å²) in [4.78, 5) is 28.5. The van der Waals surface area contributed by atoms with Gasteiger partial charge in [-0.2, -0.15) is 0 Å². The first-order valence-corrected chi connectivity index (χ1v) is 10.5. The Morgan fingerprint density at radius 1 is 1.20 bits per heavy atom. The number of hydrogen-bond acceptors (Lipinski definition) is 5. The number of aromatic hydroxyl groups is 1. The van der Waals surface area contributed by atoms with Crippen LogP contribution in [0, 0.1) is 13.8 Å². The SMILES string of the molecule is CCCN1C(=O)c2oc3c(C)cc(C)cc3c(=O)c2C1c1cc(Br)c(O)c(OC)c1. The number of hydrogen-bond donors (Lipinski definition) is 1. The molecule has 2 heterocycles. The van der Waals surface area contributed by atoms with Crippen LogP contribution >= 0.6 is 15.9 Å². The molecule has 1 unspecified atom stereocenters. The second-order valence-electron chi connectivity index (χ2n) is 7.59. The molecule has 7 heteroatoms. The zero-order chi connectivity index (χ0) is 21.7. The Labute approximate surface area is 182 Å². The van der Waals surface area contributed by atoms with Gasteiger partial charge in [-0.05, 0) is 71.1 Å². The maximum atomic E-state index is 13.6. The van der Waals surface area contributed by atoms with E-state index in [1.807, 2.05) is 26.8 Å². The number of methoxy groups -OCH3 is 1. The molecule has 1 aliphatic heterocycles. The Morgan fingerprint density at radius 2 is 1.93 bits per heavy atom. The number of rotatable bonds is 4. The molecule has 0 aliphatic carbocycles. The number of nitrogens with zero attached hydrogens (tertiary/aromatic N) is 1. The minimum atomic E-state index is -0.625. The van der Waals surface area contributed by atoms with E-state index in [4.69, 9.17) is 9.15 Å². The molecule has 1 N–H and O–H groups in total. The van der Waals surface area contributed by atoms with Crippen LogP contribution in [-0.2, 0) is 0 Å². The van der Waals surface area contributed by atoms with Crippen molar-refractivity contribution in [1.29, 1.82) is 0 Å². The third-order valence-corrected chi connectivity index (χ3v) is 6.05. The van der Waals surface area contributed by atoms with Gasteiger partial charge in [0.1, 0.15) is 5.58 Å². The summed E-state index contributed by atoms with van der Waals surface area (Å²) in [5.41, 5.74) is 2.99. The number of carbonyl (C=O) groups is 1. The van der Waals surface area contributed by atoms with Gasteiger partial charge in [0.2, 0.25) is 5.76 Å². The topological polar surface area (TPSA) is 80.0 Å². The summed E-state index contributed by atoms with van der Waals surface area (Å²) in [5.74, 6) is -0.00159. The highest BCUT2D eigenvalue weighted by molar-refractivity contribution is 9.10. The molecule has 156 valence electrons. The molecule has 2 aromatic carbocycles. The number of halogens is 1. The lowest BCUT2D eigenvalue weighted by atomic mass is 9.97. The Morgan fingerprint density at radius 3 is 2.60 bits per heavy atom. The molecule has 4 rings (SSSR count). The third kappa shape index (κ3) is 2.99. The standard InChI is InChI=1S/C23H22BrNO5/c1-5-6-25-18(13-9-15(24)20(27)16(10-13)29-4)17-19(26)14-8-11(2)7-12(3)21(14)30-22(17)23(25)28/h7-10,18,27H,5-6H2,1-4H3. The first kappa shape index (κ1) is 20.5. The van der Waals surface area contributed by atoms with Gasteiger partial charge in [-0.1, -0.05) is 13.0 Å². The van der Waals surface area contributed by atoms with Crippen LogP contribution in [-0.4, -0.2) is 29.6 Å². The number of phenolic OH excluding ortho intramolecular Hbond substituents is 1. The van der Waals surface area contributed by atoms with Crippen LogP contribution in [0.15, 0.2) is 37.9 Å². The van der Waals surface area contributed by atoms with E-state index < -0.39 is 6.04 Å². The van der Waals surface area contributed by atoms with Gasteiger partial charge in [-0.25, -0.2) is 0 Å². The molecule has 1 amide bonds. The van der Waals surface area contributed by atoms with Gasteiger partial charge in [0.15, 0.2) is 16.9 Å². The first-order chi connectivity index (χ1) is 14.3. The van der Waals surface area contributed by atoms with Gasteiger partial charge in [-0.3, -0.25) is 9.59 Å². The molecule has 0 spiro atoms. The maximum absolute atomic E-state index is 13.6. The number of fused-ring (bicyclic) bond motifs is 2. The van der Waals surface area contributed by atoms with E-state index in [2.05, 4.69) is 15.9 Å². The average Bonchev–Trinajstić information content (AvgIpc) is 2.98. The molecule has 1 aromatic heterocycles. The maximum Gasteiger partial charge on any atom is 0.290 e. The molecule has 0 saturated carbocycles. The quantitative estimate of drug-likeness (QED) is 0.588. The normalized spacial score (nSPS) is 15.7. The highest BCUT2D eigenvalue weighted by Crippen LogP contribution is 2.43. The smallest absolute Gasteiger partial charge is 0.290 e. The molecule has 1 aliphatic rings. The van der Waals surface area contributed by atoms with E-state index in [9.17, 15) is 14.7 Å². The molecule has 1 atom stereocenters. The zero-order valence-corrected chi connectivity index (χ0v) is 18.8. The average molecular weight is 472 g/mol. The summed E-state index contributed by atoms with van der Waals surface area (Å²) in [6, 6.07) is 6.46. The van der Waals surface area contributed by atoms with E-state index in [1.54, 1.807) is 23.1 Å². The predicted molar refractivity (Wildman–Crippen MR) is 117 cm³/mol. The molecule has 0 fully saturated rings. The number of aryl methyl sites for hydroxylation is 2. The van der Waals surface area contributed by atoms with Crippen LogP contribution in [0.25, 0.3) is 11.0 Å². The highest BCUT2D eigenvalue weighted by Gasteiger charge is 2.42. The molecule has 6 nitrogen and oxygen atoms in total. The Hall–Kier alpha value is -2.80. The fourth-order valence-corrected chi connectivity index (χ4v) is 4.66. The van der Waals surface area contributed by atoms with Crippen molar-refractivity contribution in [2.75, 3.05) is 13.7 Å². The molecular weight excluding hydrogens is 450 g/mol. The molecular formula is C23H22BrNO5. The number of amides is 1. The van der Waals surface area contributed by atoms with Gasteiger partial charge in [-0.15, -0.1) is 0 Å². The molecule has 3 aromatic rings. The van der Waals surface area contributed by atoms with E-state index in [-0.39, 0.29) is 28.6 Å². The van der Waals surface area contributed by atoms with E-state index in [0.29, 0.717) is 33.1 Å². The minimum Gasteiger partial charge on any atom is -0.503 e. The molecule has 0 bridgehead atoms. The van der Waals surface area contributed by atoms with Gasteiger partial charge in [0.25, 0.3) is 5.91 Å². The largest absolute Gasteiger partial charge is 0.503 e. The van der Waals surface area contributed by atoms with Crippen molar-refractivity contribution in [2.45, 2.75) is 33.2 Å². The van der Waals surface area contributed by atoms with Crippen LogP contribution < -0.4 is 10.2 Å². The monoisotopic (exact) mass is 471 g/mol. The Balaban J connectivity index is 2.05. The van der Waals surface area contributed by atoms with Crippen molar-refractivity contribution >= 4 is 32.8 Å². The van der Waals surface area contributed by atoms with E-state index in [1.165, 1.54) is 7.11 Å². The summed E-state index contributed by atoms with van der Waals surface area (Å²) in [7, 11) is 1.45. The van der Waals surface area contributed by atoms with Crippen molar-refractivity contribution in [1.82, 2.24) is 4.90 Å². The van der Waals surface area contributed by atoms with Gasteiger partial charge >= 0.3 is 0 Å². The summed E-state index contributed by atoms with van der Waals surface area (Å²) in [5, 5.41) is 10.7. The lowest BCUT2D eigenvalue weighted by Crippen LogP contribution is -2.30. The zero-order valence-electron chi connectivity index (χ0n) is 17.2. The number of benzene rings is 2. The summed E-state index contributed by atoms with van der Waals surface area (Å²) in [6.45, 7) is 6.22. The van der Waals surface area contributed by atoms with Crippen LogP contribution in [0.2, 0.25) is 0 Å². The fourth-order valence-electron chi connectivity index (χ4n) is 4.20. The van der Waals surface area contributed by atoms with Crippen molar-refractivity contribution in [3.05, 3.63) is 67.0 Å². The molecule has 30 heavy (non-hydrogen) atoms. The van der Waals surface area contributed by atoms with Crippen LogP contribution in [0.5, 0.6) is 11.5 Å². The van der Waals surface area contributed by atoms with Gasteiger partial charge in [0.05, 0.1) is 28.6 Å². The highest BCUT2D eigenvalue weighted by atomic mass is 79.9. The second kappa shape index (κ2) is 7.47. The predicted octanol–water partition coefficient (Wildman–Crippen LogP) is 4.84. The number of carbonyl (C=O) groups excluding carboxylic acids is 1. The van der Waals surface area contributed by atoms with Crippen molar-refractivity contribution < 1.29 is 19.1 Å². The summed E-state index contributed by atoms with van der Waals surface area (Å²) in [6.07, 6.45) is 0.721. The van der Waals surface area contributed by atoms with Crippen LogP contribution in [0.4, 0.5) is 0 Å². The fraction of sp³-hybridized carbons (Fsp3) is 0.304.